The molecule has 0 aliphatic carbocycles. The Morgan fingerprint density at radius 3 is 2.42 bits per heavy atom. The van der Waals surface area contributed by atoms with E-state index in [4.69, 9.17) is 16.3 Å². The van der Waals surface area contributed by atoms with Crippen LogP contribution in [0.1, 0.15) is 36.3 Å². The second kappa shape index (κ2) is 10.1. The first kappa shape index (κ1) is 26.6. The Morgan fingerprint density at radius 2 is 1.85 bits per heavy atom. The van der Waals surface area contributed by atoms with Crippen molar-refractivity contribution in [2.75, 3.05) is 12.4 Å². The number of benzene rings is 1. The predicted octanol–water partition coefficient (Wildman–Crippen LogP) is 2.51. The number of ether oxygens (including phenoxy) is 1. The van der Waals surface area contributed by atoms with Crippen LogP contribution < -0.4 is 11.2 Å². The van der Waals surface area contributed by atoms with E-state index in [9.17, 15) is 36.0 Å². The molecule has 0 aliphatic heterocycles. The topological polar surface area (TPSA) is 114 Å². The van der Waals surface area contributed by atoms with E-state index in [2.05, 4.69) is 4.18 Å². The van der Waals surface area contributed by atoms with Crippen molar-refractivity contribution in [2.24, 2.45) is 7.05 Å². The molecule has 0 aliphatic rings. The van der Waals surface area contributed by atoms with Crippen molar-refractivity contribution in [1.29, 1.82) is 0 Å². The van der Waals surface area contributed by atoms with Crippen LogP contribution in [-0.4, -0.2) is 42.0 Å². The summed E-state index contributed by atoms with van der Waals surface area (Å²) in [5.74, 6) is -1.39. The summed E-state index contributed by atoms with van der Waals surface area (Å²) >= 11 is 6.01. The molecule has 2 rings (SSSR count). The highest BCUT2D eigenvalue weighted by molar-refractivity contribution is 7.86. The van der Waals surface area contributed by atoms with Gasteiger partial charge in [0, 0.05) is 19.5 Å². The lowest BCUT2D eigenvalue weighted by Crippen LogP contribution is -2.40. The van der Waals surface area contributed by atoms with Gasteiger partial charge in [0.15, 0.2) is 0 Å². The molecule has 0 bridgehead atoms. The van der Waals surface area contributed by atoms with Crippen LogP contribution in [0, 0.1) is 0 Å². The number of carbonyl (C=O) groups excluding carboxylic acids is 1. The van der Waals surface area contributed by atoms with Crippen LogP contribution in [0.5, 0.6) is 0 Å². The maximum absolute atomic E-state index is 13.0. The van der Waals surface area contributed by atoms with Gasteiger partial charge in [0.05, 0.1) is 28.6 Å². The Labute approximate surface area is 191 Å². The summed E-state index contributed by atoms with van der Waals surface area (Å²) in [5.41, 5.74) is -4.47. The third kappa shape index (κ3) is 6.45. The minimum absolute atomic E-state index is 0.0400. The fourth-order valence-electron chi connectivity index (χ4n) is 2.80. The third-order valence-electron chi connectivity index (χ3n) is 4.42. The van der Waals surface area contributed by atoms with Crippen LogP contribution in [0.2, 0.25) is 5.02 Å². The number of esters is 1. The molecular formula is C19H20ClF3N2O7S. The van der Waals surface area contributed by atoms with Gasteiger partial charge in [-0.3, -0.25) is 13.5 Å². The molecule has 1 aromatic heterocycles. The van der Waals surface area contributed by atoms with E-state index in [1.165, 1.54) is 26.0 Å². The lowest BCUT2D eigenvalue weighted by Gasteiger charge is -2.16. The molecule has 33 heavy (non-hydrogen) atoms. The van der Waals surface area contributed by atoms with Gasteiger partial charge in [-0.15, -0.1) is 0 Å². The number of halogens is 4. The number of rotatable bonds is 8. The zero-order valence-electron chi connectivity index (χ0n) is 17.7. The molecule has 182 valence electrons. The van der Waals surface area contributed by atoms with E-state index >= 15 is 0 Å². The summed E-state index contributed by atoms with van der Waals surface area (Å²) in [6, 6.07) is 3.62. The number of carbonyl (C=O) groups is 1. The van der Waals surface area contributed by atoms with Crippen molar-refractivity contribution < 1.29 is 35.3 Å². The quantitative estimate of drug-likeness (QED) is 0.394. The Morgan fingerprint density at radius 1 is 1.21 bits per heavy atom. The fourth-order valence-corrected chi connectivity index (χ4v) is 4.09. The fraction of sp³-hybridized carbons (Fsp3) is 0.421. The van der Waals surface area contributed by atoms with Crippen LogP contribution >= 0.6 is 11.6 Å². The molecule has 0 fully saturated rings. The zero-order chi connectivity index (χ0) is 25.1. The Balaban J connectivity index is 2.36. The summed E-state index contributed by atoms with van der Waals surface area (Å²) in [5, 5.41) is -0.116. The summed E-state index contributed by atoms with van der Waals surface area (Å²) in [7, 11) is -2.93. The second-order valence-corrected chi connectivity index (χ2v) is 9.05. The van der Waals surface area contributed by atoms with Crippen LogP contribution in [0.4, 0.5) is 13.2 Å². The van der Waals surface area contributed by atoms with Crippen molar-refractivity contribution in [3.63, 3.8) is 0 Å². The first-order valence-electron chi connectivity index (χ1n) is 9.46. The number of alkyl halides is 3. The molecule has 0 spiro atoms. The zero-order valence-corrected chi connectivity index (χ0v) is 19.3. The van der Waals surface area contributed by atoms with Gasteiger partial charge in [-0.25, -0.2) is 14.2 Å². The molecule has 0 N–H and O–H groups in total. The normalized spacial score (nSPS) is 13.1. The molecular weight excluding hydrogens is 493 g/mol. The SMILES string of the molecule is CCOS(=O)(=O)CCC(C)OC(=O)c1cc(-n2c(=O)cc(C(F)(F)F)n(C)c2=O)ccc1Cl. The minimum Gasteiger partial charge on any atom is -0.459 e. The van der Waals surface area contributed by atoms with Gasteiger partial charge in [0.1, 0.15) is 11.8 Å². The van der Waals surface area contributed by atoms with Crippen molar-refractivity contribution >= 4 is 27.7 Å². The third-order valence-corrected chi connectivity index (χ3v) is 6.08. The van der Waals surface area contributed by atoms with Gasteiger partial charge in [-0.1, -0.05) is 11.6 Å². The predicted molar refractivity (Wildman–Crippen MR) is 112 cm³/mol. The van der Waals surface area contributed by atoms with E-state index in [-0.39, 0.29) is 39.9 Å². The van der Waals surface area contributed by atoms with Crippen molar-refractivity contribution in [3.8, 4) is 5.69 Å². The van der Waals surface area contributed by atoms with Crippen LogP contribution in [0.3, 0.4) is 0 Å². The number of nitrogens with zero attached hydrogens (tertiary/aromatic N) is 2. The second-order valence-electron chi connectivity index (χ2n) is 6.88. The monoisotopic (exact) mass is 512 g/mol. The molecule has 0 saturated carbocycles. The molecule has 1 heterocycles. The van der Waals surface area contributed by atoms with Crippen molar-refractivity contribution in [1.82, 2.24) is 9.13 Å². The molecule has 0 saturated heterocycles. The van der Waals surface area contributed by atoms with Crippen LogP contribution in [-0.2, 0) is 32.3 Å². The lowest BCUT2D eigenvalue weighted by atomic mass is 10.2. The van der Waals surface area contributed by atoms with E-state index in [1.807, 2.05) is 0 Å². The highest BCUT2D eigenvalue weighted by Gasteiger charge is 2.35. The van der Waals surface area contributed by atoms with E-state index in [0.29, 0.717) is 4.57 Å². The Kier molecular flexibility index (Phi) is 8.14. The standard InChI is InChI=1S/C19H20ClF3N2O7S/c1-4-31-33(29,30)8-7-11(2)32-17(27)13-9-12(5-6-14(13)20)25-16(26)10-15(19(21,22)23)24(3)18(25)28/h5-6,9-11H,4,7-8H2,1-3H3. The molecule has 1 atom stereocenters. The average molecular weight is 513 g/mol. The number of hydrogen-bond acceptors (Lipinski definition) is 7. The minimum atomic E-state index is -4.92. The van der Waals surface area contributed by atoms with E-state index in [1.54, 1.807) is 0 Å². The molecule has 9 nitrogen and oxygen atoms in total. The van der Waals surface area contributed by atoms with Gasteiger partial charge in [0.2, 0.25) is 0 Å². The highest BCUT2D eigenvalue weighted by Crippen LogP contribution is 2.27. The summed E-state index contributed by atoms with van der Waals surface area (Å²) in [6.07, 6.45) is -5.87. The van der Waals surface area contributed by atoms with Gasteiger partial charge < -0.3 is 4.74 Å². The molecule has 0 radical (unpaired) electrons. The molecule has 1 unspecified atom stereocenters. The smallest absolute Gasteiger partial charge is 0.431 e. The molecule has 14 heteroatoms. The van der Waals surface area contributed by atoms with Crippen LogP contribution in [0.25, 0.3) is 5.69 Å². The van der Waals surface area contributed by atoms with Gasteiger partial charge in [-0.2, -0.15) is 21.6 Å². The molecule has 1 aromatic carbocycles. The van der Waals surface area contributed by atoms with Gasteiger partial charge >= 0.3 is 17.8 Å². The Hall–Kier alpha value is -2.64. The van der Waals surface area contributed by atoms with Gasteiger partial charge in [-0.05, 0) is 32.0 Å². The number of hydrogen-bond donors (Lipinski definition) is 0. The average Bonchev–Trinajstić information content (AvgIpc) is 2.69. The first-order chi connectivity index (χ1) is 15.2. The number of aromatic nitrogens is 2. The molecule has 2 aromatic rings. The molecule has 0 amide bonds. The van der Waals surface area contributed by atoms with Gasteiger partial charge in [0.25, 0.3) is 15.7 Å². The van der Waals surface area contributed by atoms with E-state index in [0.717, 1.165) is 13.1 Å². The Bertz CT molecular complexity index is 1270. The highest BCUT2D eigenvalue weighted by atomic mass is 35.5. The summed E-state index contributed by atoms with van der Waals surface area (Å²) in [6.45, 7) is 2.90. The van der Waals surface area contributed by atoms with Crippen molar-refractivity contribution in [3.05, 3.63) is 61.4 Å². The lowest BCUT2D eigenvalue weighted by molar-refractivity contribution is -0.144. The summed E-state index contributed by atoms with van der Waals surface area (Å²) in [4.78, 5) is 37.2. The first-order valence-corrected chi connectivity index (χ1v) is 11.4. The largest absolute Gasteiger partial charge is 0.459 e. The van der Waals surface area contributed by atoms with Crippen molar-refractivity contribution in [2.45, 2.75) is 32.5 Å². The maximum atomic E-state index is 13.0. The van der Waals surface area contributed by atoms with Crippen LogP contribution in [0.15, 0.2) is 33.9 Å². The van der Waals surface area contributed by atoms with E-state index < -0.39 is 51.1 Å². The maximum Gasteiger partial charge on any atom is 0.431 e. The summed E-state index contributed by atoms with van der Waals surface area (Å²) < 4.78 is 72.8.